The average Bonchev–Trinajstić information content (AvgIpc) is 2.93. The molecule has 0 aromatic heterocycles. The Hall–Kier alpha value is -0.900. The Morgan fingerprint density at radius 2 is 1.58 bits per heavy atom. The van der Waals surface area contributed by atoms with E-state index >= 15 is 0 Å². The summed E-state index contributed by atoms with van der Waals surface area (Å²) in [6.45, 7) is 2.14. The van der Waals surface area contributed by atoms with E-state index in [9.17, 15) is 14.7 Å². The molecule has 2 amide bonds. The maximum atomic E-state index is 12.5. The van der Waals surface area contributed by atoms with E-state index in [1.807, 2.05) is 0 Å². The summed E-state index contributed by atoms with van der Waals surface area (Å²) in [6, 6.07) is 0.0501. The fraction of sp³-hybridized carbons (Fsp3) is 0.867. The van der Waals surface area contributed by atoms with Crippen molar-refractivity contribution in [2.75, 3.05) is 0 Å². The molecule has 4 heteroatoms. The quantitative estimate of drug-likeness (QED) is 0.773. The van der Waals surface area contributed by atoms with E-state index in [0.29, 0.717) is 18.8 Å². The van der Waals surface area contributed by atoms with Gasteiger partial charge in [-0.3, -0.25) is 14.5 Å². The summed E-state index contributed by atoms with van der Waals surface area (Å²) in [5.41, 5.74) is 0. The Morgan fingerprint density at radius 1 is 1.05 bits per heavy atom. The molecule has 19 heavy (non-hydrogen) atoms. The molecule has 3 aliphatic rings. The highest BCUT2D eigenvalue weighted by atomic mass is 16.3. The summed E-state index contributed by atoms with van der Waals surface area (Å²) in [5.74, 6) is 0.631. The van der Waals surface area contributed by atoms with E-state index in [1.54, 1.807) is 4.90 Å². The van der Waals surface area contributed by atoms with E-state index in [2.05, 4.69) is 6.92 Å². The number of fused-ring (bicyclic) bond motifs is 1. The maximum absolute atomic E-state index is 12.5. The summed E-state index contributed by atoms with van der Waals surface area (Å²) in [4.78, 5) is 26.5. The van der Waals surface area contributed by atoms with Gasteiger partial charge in [-0.05, 0) is 44.4 Å². The zero-order valence-electron chi connectivity index (χ0n) is 11.5. The van der Waals surface area contributed by atoms with Crippen LogP contribution < -0.4 is 0 Å². The van der Waals surface area contributed by atoms with Crippen molar-refractivity contribution in [3.63, 3.8) is 0 Å². The van der Waals surface area contributed by atoms with E-state index in [4.69, 9.17) is 0 Å². The Balaban J connectivity index is 1.72. The molecular weight excluding hydrogens is 242 g/mol. The van der Waals surface area contributed by atoms with Crippen molar-refractivity contribution >= 4 is 11.8 Å². The minimum Gasteiger partial charge on any atom is -0.393 e. The van der Waals surface area contributed by atoms with Crippen LogP contribution in [0.3, 0.4) is 0 Å². The molecule has 106 valence electrons. The van der Waals surface area contributed by atoms with Crippen LogP contribution >= 0.6 is 0 Å². The van der Waals surface area contributed by atoms with Gasteiger partial charge in [-0.25, -0.2) is 0 Å². The van der Waals surface area contributed by atoms with Crippen LogP contribution in [0.5, 0.6) is 0 Å². The second-order valence-corrected chi connectivity index (χ2v) is 6.47. The number of carbonyl (C=O) groups excluding carboxylic acids is 2. The summed E-state index contributed by atoms with van der Waals surface area (Å²) < 4.78 is 0. The number of nitrogens with zero attached hydrogens (tertiary/aromatic N) is 1. The molecule has 2 atom stereocenters. The normalized spacial score (nSPS) is 42.8. The van der Waals surface area contributed by atoms with E-state index in [0.717, 1.165) is 32.1 Å². The van der Waals surface area contributed by atoms with Crippen LogP contribution in [-0.2, 0) is 9.59 Å². The molecule has 1 N–H and O–H groups in total. The lowest BCUT2D eigenvalue weighted by Crippen LogP contribution is -2.43. The minimum absolute atomic E-state index is 0.0377. The van der Waals surface area contributed by atoms with Crippen LogP contribution in [0.4, 0.5) is 0 Å². The van der Waals surface area contributed by atoms with Gasteiger partial charge in [-0.1, -0.05) is 13.3 Å². The van der Waals surface area contributed by atoms with Gasteiger partial charge in [-0.2, -0.15) is 0 Å². The predicted octanol–water partition coefficient (Wildman–Crippen LogP) is 1.71. The van der Waals surface area contributed by atoms with Crippen molar-refractivity contribution in [1.29, 1.82) is 0 Å². The molecule has 1 heterocycles. The molecule has 2 aliphatic carbocycles. The third-order valence-electron chi connectivity index (χ3n) is 5.38. The van der Waals surface area contributed by atoms with Gasteiger partial charge in [-0.15, -0.1) is 0 Å². The highest BCUT2D eigenvalue weighted by Crippen LogP contribution is 2.45. The van der Waals surface area contributed by atoms with Gasteiger partial charge in [0.15, 0.2) is 0 Å². The van der Waals surface area contributed by atoms with Crippen molar-refractivity contribution in [1.82, 2.24) is 4.90 Å². The smallest absolute Gasteiger partial charge is 0.233 e. The number of carbonyl (C=O) groups is 2. The van der Waals surface area contributed by atoms with Crippen molar-refractivity contribution in [3.8, 4) is 0 Å². The standard InChI is InChI=1S/C15H23NO3/c1-2-9-7-12-13(8-9)15(19)16(14(12)18)10-3-5-11(17)6-4-10/h9-13,17H,2-8H2,1H3. The predicted molar refractivity (Wildman–Crippen MR) is 70.1 cm³/mol. The number of likely N-dealkylation sites (tertiary alicyclic amines) is 1. The fourth-order valence-electron chi connectivity index (χ4n) is 4.16. The van der Waals surface area contributed by atoms with Gasteiger partial charge in [0.05, 0.1) is 17.9 Å². The Morgan fingerprint density at radius 3 is 2.05 bits per heavy atom. The van der Waals surface area contributed by atoms with Gasteiger partial charge >= 0.3 is 0 Å². The van der Waals surface area contributed by atoms with Crippen molar-refractivity contribution < 1.29 is 14.7 Å². The second kappa shape index (κ2) is 4.89. The largest absolute Gasteiger partial charge is 0.393 e. The van der Waals surface area contributed by atoms with E-state index in [-0.39, 0.29) is 35.8 Å². The van der Waals surface area contributed by atoms with E-state index < -0.39 is 0 Å². The number of imide groups is 1. The number of rotatable bonds is 2. The molecule has 0 radical (unpaired) electrons. The lowest BCUT2D eigenvalue weighted by atomic mass is 9.91. The molecule has 0 bridgehead atoms. The molecule has 1 saturated heterocycles. The van der Waals surface area contributed by atoms with Gasteiger partial charge < -0.3 is 5.11 Å². The van der Waals surface area contributed by atoms with Gasteiger partial charge in [0.1, 0.15) is 0 Å². The van der Waals surface area contributed by atoms with Crippen molar-refractivity contribution in [2.24, 2.45) is 17.8 Å². The van der Waals surface area contributed by atoms with Crippen LogP contribution in [0.25, 0.3) is 0 Å². The lowest BCUT2D eigenvalue weighted by molar-refractivity contribution is -0.144. The zero-order valence-corrected chi connectivity index (χ0v) is 11.5. The minimum atomic E-state index is -0.243. The topological polar surface area (TPSA) is 57.6 Å². The van der Waals surface area contributed by atoms with Crippen LogP contribution in [0, 0.1) is 17.8 Å². The van der Waals surface area contributed by atoms with Gasteiger partial charge in [0.2, 0.25) is 11.8 Å². The molecule has 2 unspecified atom stereocenters. The van der Waals surface area contributed by atoms with Gasteiger partial charge in [0.25, 0.3) is 0 Å². The number of hydrogen-bond donors (Lipinski definition) is 1. The molecular formula is C15H23NO3. The number of amides is 2. The Kier molecular flexibility index (Phi) is 3.37. The number of hydrogen-bond acceptors (Lipinski definition) is 3. The van der Waals surface area contributed by atoms with Crippen LogP contribution in [0.2, 0.25) is 0 Å². The Labute approximate surface area is 114 Å². The molecule has 3 fully saturated rings. The molecule has 2 saturated carbocycles. The third kappa shape index (κ3) is 2.10. The van der Waals surface area contributed by atoms with Crippen molar-refractivity contribution in [2.45, 2.75) is 64.0 Å². The van der Waals surface area contributed by atoms with Crippen LogP contribution in [0.1, 0.15) is 51.9 Å². The fourth-order valence-corrected chi connectivity index (χ4v) is 4.16. The SMILES string of the molecule is CCC1CC2C(=O)N(C3CCC(O)CC3)C(=O)C2C1. The molecule has 1 aliphatic heterocycles. The number of aliphatic hydroxyl groups is 1. The van der Waals surface area contributed by atoms with Crippen LogP contribution in [-0.4, -0.2) is 34.0 Å². The number of aliphatic hydroxyl groups excluding tert-OH is 1. The lowest BCUT2D eigenvalue weighted by Gasteiger charge is -2.32. The monoisotopic (exact) mass is 265 g/mol. The first-order valence-electron chi connectivity index (χ1n) is 7.66. The molecule has 0 aromatic carbocycles. The summed E-state index contributed by atoms with van der Waals surface area (Å²) in [7, 11) is 0. The summed E-state index contributed by atoms with van der Waals surface area (Å²) >= 11 is 0. The maximum Gasteiger partial charge on any atom is 0.233 e. The Bertz CT molecular complexity index is 363. The molecule has 4 nitrogen and oxygen atoms in total. The van der Waals surface area contributed by atoms with Crippen molar-refractivity contribution in [3.05, 3.63) is 0 Å². The van der Waals surface area contributed by atoms with Crippen LogP contribution in [0.15, 0.2) is 0 Å². The second-order valence-electron chi connectivity index (χ2n) is 6.47. The van der Waals surface area contributed by atoms with Gasteiger partial charge in [0, 0.05) is 6.04 Å². The first kappa shape index (κ1) is 13.1. The third-order valence-corrected chi connectivity index (χ3v) is 5.38. The first-order valence-corrected chi connectivity index (χ1v) is 7.66. The van der Waals surface area contributed by atoms with E-state index in [1.165, 1.54) is 0 Å². The highest BCUT2D eigenvalue weighted by Gasteiger charge is 2.54. The highest BCUT2D eigenvalue weighted by molar-refractivity contribution is 6.05. The first-order chi connectivity index (χ1) is 9.11. The zero-order chi connectivity index (χ0) is 13.6. The summed E-state index contributed by atoms with van der Waals surface area (Å²) in [6.07, 6.45) is 5.61. The summed E-state index contributed by atoms with van der Waals surface area (Å²) in [5, 5.41) is 9.54. The molecule has 0 aromatic rings. The molecule has 3 rings (SSSR count). The average molecular weight is 265 g/mol. The molecule has 0 spiro atoms.